The predicted molar refractivity (Wildman–Crippen MR) is 150 cm³/mol. The van der Waals surface area contributed by atoms with Crippen LogP contribution in [-0.2, 0) is 20.0 Å². The van der Waals surface area contributed by atoms with Gasteiger partial charge in [0.15, 0.2) is 0 Å². The summed E-state index contributed by atoms with van der Waals surface area (Å²) in [7, 11) is -6.24. The molecule has 0 atom stereocenters. The molecular weight excluding hydrogens is 569 g/mol. The van der Waals surface area contributed by atoms with Crippen LogP contribution >= 0.6 is 23.2 Å². The fourth-order valence-electron chi connectivity index (χ4n) is 3.38. The quantitative estimate of drug-likeness (QED) is 0.267. The first-order valence-corrected chi connectivity index (χ1v) is 14.7. The first-order valence-electron chi connectivity index (χ1n) is 11.0. The maximum absolute atomic E-state index is 12.9. The number of nitrogens with zero attached hydrogens (tertiary/aromatic N) is 1. The molecule has 0 aliphatic carbocycles. The van der Waals surface area contributed by atoms with E-state index in [1.165, 1.54) is 79.8 Å². The van der Waals surface area contributed by atoms with Gasteiger partial charge in [0, 0.05) is 34.0 Å². The Morgan fingerprint density at radius 2 is 1.13 bits per heavy atom. The number of hydrogen-bond donors (Lipinski definition) is 2. The number of amides is 1. The molecule has 0 unspecified atom stereocenters. The van der Waals surface area contributed by atoms with Crippen molar-refractivity contribution in [3.8, 4) is 0 Å². The van der Waals surface area contributed by atoms with Crippen LogP contribution in [0.3, 0.4) is 0 Å². The molecule has 4 aromatic rings. The zero-order valence-corrected chi connectivity index (χ0v) is 22.9. The molecule has 2 N–H and O–H groups in total. The van der Waals surface area contributed by atoms with Gasteiger partial charge in [0.2, 0.25) is 0 Å². The molecule has 1 amide bonds. The van der Waals surface area contributed by atoms with Crippen molar-refractivity contribution in [2.45, 2.75) is 9.79 Å². The fraction of sp³-hybridized carbons (Fsp3) is 0.0385. The molecule has 0 aromatic heterocycles. The maximum Gasteiger partial charge on any atom is 0.264 e. The van der Waals surface area contributed by atoms with Gasteiger partial charge in [-0.2, -0.15) is 0 Å². The first kappa shape index (κ1) is 27.5. The molecule has 12 heteroatoms. The molecule has 0 radical (unpaired) electrons. The molecule has 0 heterocycles. The fourth-order valence-corrected chi connectivity index (χ4v) is 5.88. The van der Waals surface area contributed by atoms with Crippen LogP contribution < -0.4 is 14.3 Å². The molecule has 0 aliphatic heterocycles. The van der Waals surface area contributed by atoms with Crippen molar-refractivity contribution < 1.29 is 21.6 Å². The summed E-state index contributed by atoms with van der Waals surface area (Å²) in [4.78, 5) is 12.8. The Hall–Kier alpha value is -3.57. The van der Waals surface area contributed by atoms with E-state index < -0.39 is 26.0 Å². The van der Waals surface area contributed by atoms with E-state index in [1.54, 1.807) is 24.3 Å². The highest BCUT2D eigenvalue weighted by molar-refractivity contribution is 7.93. The second-order valence-electron chi connectivity index (χ2n) is 8.06. The number of benzene rings is 4. The summed E-state index contributed by atoms with van der Waals surface area (Å²) < 4.78 is 54.5. The highest BCUT2D eigenvalue weighted by atomic mass is 35.5. The lowest BCUT2D eigenvalue weighted by Gasteiger charge is -2.20. The molecule has 0 spiro atoms. The summed E-state index contributed by atoms with van der Waals surface area (Å²) in [5, 5.41) is 3.60. The molecule has 196 valence electrons. The van der Waals surface area contributed by atoms with E-state index in [0.29, 0.717) is 27.1 Å². The van der Waals surface area contributed by atoms with Crippen LogP contribution in [0.4, 0.5) is 17.1 Å². The van der Waals surface area contributed by atoms with Crippen molar-refractivity contribution in [2.24, 2.45) is 0 Å². The summed E-state index contributed by atoms with van der Waals surface area (Å²) in [6.45, 7) is 0. The number of carbonyl (C=O) groups is 1. The number of carbonyl (C=O) groups excluding carboxylic acids is 1. The molecule has 0 saturated carbocycles. The summed E-state index contributed by atoms with van der Waals surface area (Å²) in [5.74, 6) is -0.449. The number of halogens is 2. The van der Waals surface area contributed by atoms with Gasteiger partial charge in [-0.05, 0) is 97.1 Å². The van der Waals surface area contributed by atoms with Crippen LogP contribution in [-0.4, -0.2) is 29.8 Å². The van der Waals surface area contributed by atoms with Gasteiger partial charge < -0.3 is 5.32 Å². The number of sulfonamides is 2. The number of rotatable bonds is 8. The van der Waals surface area contributed by atoms with Crippen LogP contribution in [0, 0.1) is 0 Å². The normalized spacial score (nSPS) is 11.6. The van der Waals surface area contributed by atoms with Gasteiger partial charge in [-0.1, -0.05) is 23.2 Å². The number of anilines is 3. The minimum atomic E-state index is -3.84. The molecule has 4 aromatic carbocycles. The minimum absolute atomic E-state index is 0.0136. The predicted octanol–water partition coefficient (Wildman–Crippen LogP) is 5.87. The van der Waals surface area contributed by atoms with Gasteiger partial charge in [-0.15, -0.1) is 0 Å². The van der Waals surface area contributed by atoms with Crippen LogP contribution in [0.2, 0.25) is 10.0 Å². The third-order valence-electron chi connectivity index (χ3n) is 5.48. The third-order valence-corrected chi connectivity index (χ3v) is 9.18. The Balaban J connectivity index is 1.42. The highest BCUT2D eigenvalue weighted by Gasteiger charge is 2.21. The monoisotopic (exact) mass is 589 g/mol. The van der Waals surface area contributed by atoms with E-state index in [4.69, 9.17) is 23.2 Å². The van der Waals surface area contributed by atoms with Gasteiger partial charge >= 0.3 is 0 Å². The summed E-state index contributed by atoms with van der Waals surface area (Å²) >= 11 is 11.7. The Morgan fingerprint density at radius 3 is 1.68 bits per heavy atom. The second-order valence-corrected chi connectivity index (χ2v) is 12.6. The van der Waals surface area contributed by atoms with Crippen LogP contribution in [0.25, 0.3) is 0 Å². The first-order chi connectivity index (χ1) is 18.0. The summed E-state index contributed by atoms with van der Waals surface area (Å²) in [5.41, 5.74) is 1.39. The smallest absolute Gasteiger partial charge is 0.264 e. The molecule has 0 fully saturated rings. The zero-order chi connectivity index (χ0) is 27.5. The van der Waals surface area contributed by atoms with Crippen molar-refractivity contribution in [2.75, 3.05) is 21.4 Å². The Bertz CT molecular complexity index is 1660. The molecule has 4 rings (SSSR count). The molecule has 38 heavy (non-hydrogen) atoms. The topological polar surface area (TPSA) is 113 Å². The summed E-state index contributed by atoms with van der Waals surface area (Å²) in [6.07, 6.45) is 0. The van der Waals surface area contributed by atoms with E-state index in [-0.39, 0.29) is 15.4 Å². The molecular formula is C26H21Cl2N3O5S2. The lowest BCUT2D eigenvalue weighted by atomic mass is 10.2. The molecule has 0 aliphatic rings. The molecule has 0 bridgehead atoms. The van der Waals surface area contributed by atoms with Gasteiger partial charge in [-0.3, -0.25) is 13.8 Å². The van der Waals surface area contributed by atoms with Crippen LogP contribution in [0.5, 0.6) is 0 Å². The van der Waals surface area contributed by atoms with Crippen molar-refractivity contribution in [3.63, 3.8) is 0 Å². The summed E-state index contributed by atoms with van der Waals surface area (Å²) in [6, 6.07) is 23.7. The number of hydrogen-bond acceptors (Lipinski definition) is 5. The standard InChI is InChI=1S/C26H21Cl2N3O5S2/c1-31(38(35,36)25-14-6-20(28)7-15-25)23-12-2-18(3-13-23)26(32)29-21-10-16-24(17-11-21)37(33,34)30-22-8-4-19(27)5-9-22/h2-17,30H,1H3,(H,29,32). The second kappa shape index (κ2) is 11.0. The van der Waals surface area contributed by atoms with Gasteiger partial charge in [-0.25, -0.2) is 16.8 Å². The van der Waals surface area contributed by atoms with E-state index in [9.17, 15) is 21.6 Å². The molecule has 8 nitrogen and oxygen atoms in total. The van der Waals surface area contributed by atoms with Crippen molar-refractivity contribution in [1.29, 1.82) is 0 Å². The lowest BCUT2D eigenvalue weighted by molar-refractivity contribution is 0.102. The lowest BCUT2D eigenvalue weighted by Crippen LogP contribution is -2.26. The number of nitrogens with one attached hydrogen (secondary N) is 2. The maximum atomic E-state index is 12.9. The average Bonchev–Trinajstić information content (AvgIpc) is 2.90. The SMILES string of the molecule is CN(c1ccc(C(=O)Nc2ccc(S(=O)(=O)Nc3ccc(Cl)cc3)cc2)cc1)S(=O)(=O)c1ccc(Cl)cc1. The van der Waals surface area contributed by atoms with Gasteiger partial charge in [0.1, 0.15) is 0 Å². The van der Waals surface area contributed by atoms with Gasteiger partial charge in [0.25, 0.3) is 26.0 Å². The van der Waals surface area contributed by atoms with Crippen molar-refractivity contribution >= 4 is 66.2 Å². The third kappa shape index (κ3) is 6.28. The largest absolute Gasteiger partial charge is 0.322 e. The van der Waals surface area contributed by atoms with E-state index in [0.717, 1.165) is 4.31 Å². The van der Waals surface area contributed by atoms with Gasteiger partial charge in [0.05, 0.1) is 15.5 Å². The molecule has 0 saturated heterocycles. The Kier molecular flexibility index (Phi) is 7.98. The average molecular weight is 591 g/mol. The van der Waals surface area contributed by atoms with E-state index in [2.05, 4.69) is 10.0 Å². The van der Waals surface area contributed by atoms with Crippen LogP contribution in [0.1, 0.15) is 10.4 Å². The van der Waals surface area contributed by atoms with E-state index >= 15 is 0 Å². The van der Waals surface area contributed by atoms with Crippen molar-refractivity contribution in [1.82, 2.24) is 0 Å². The van der Waals surface area contributed by atoms with E-state index in [1.807, 2.05) is 0 Å². The Labute approximate surface area is 230 Å². The Morgan fingerprint density at radius 1 is 0.658 bits per heavy atom. The highest BCUT2D eigenvalue weighted by Crippen LogP contribution is 2.24. The minimum Gasteiger partial charge on any atom is -0.322 e. The van der Waals surface area contributed by atoms with Crippen LogP contribution in [0.15, 0.2) is 107 Å². The van der Waals surface area contributed by atoms with Crippen molar-refractivity contribution in [3.05, 3.63) is 113 Å². The zero-order valence-electron chi connectivity index (χ0n) is 19.8.